The van der Waals surface area contributed by atoms with Gasteiger partial charge in [0.25, 0.3) is 0 Å². The molecule has 4 aromatic rings. The Kier molecular flexibility index (Phi) is 2.90. The van der Waals surface area contributed by atoms with E-state index in [9.17, 15) is 0 Å². The van der Waals surface area contributed by atoms with Gasteiger partial charge in [0.05, 0.1) is 5.52 Å². The van der Waals surface area contributed by atoms with Crippen molar-refractivity contribution in [3.05, 3.63) is 59.6 Å². The fourth-order valence-corrected chi connectivity index (χ4v) is 2.94. The molecule has 0 aromatic carbocycles. The summed E-state index contributed by atoms with van der Waals surface area (Å²) in [6.45, 7) is 0. The van der Waals surface area contributed by atoms with Crippen molar-refractivity contribution in [2.75, 3.05) is 5.32 Å². The van der Waals surface area contributed by atoms with E-state index in [-0.39, 0.29) is 0 Å². The van der Waals surface area contributed by atoms with Crippen molar-refractivity contribution >= 4 is 33.9 Å². The Morgan fingerprint density at radius 3 is 2.86 bits per heavy atom. The Morgan fingerprint density at radius 2 is 2.05 bits per heavy atom. The molecule has 0 aliphatic rings. The molecule has 0 atom stereocenters. The first-order chi connectivity index (χ1) is 10.4. The number of hydrogen-bond acceptors (Lipinski definition) is 4. The number of thiophene rings is 1. The van der Waals surface area contributed by atoms with Crippen LogP contribution >= 0.6 is 11.3 Å². The molecule has 0 radical (unpaired) electrons. The molecule has 0 amide bonds. The van der Waals surface area contributed by atoms with Crippen molar-refractivity contribution in [1.82, 2.24) is 15.0 Å². The lowest BCUT2D eigenvalue weighted by Crippen LogP contribution is -1.95. The lowest BCUT2D eigenvalue weighted by atomic mass is 10.2. The van der Waals surface area contributed by atoms with Gasteiger partial charge in [-0.25, -0.2) is 9.97 Å². The van der Waals surface area contributed by atoms with Gasteiger partial charge in [-0.1, -0.05) is 6.07 Å². The Hall–Kier alpha value is -2.66. The molecule has 0 unspecified atom stereocenters. The van der Waals surface area contributed by atoms with Crippen molar-refractivity contribution in [1.29, 1.82) is 0 Å². The third-order valence-electron chi connectivity index (χ3n) is 3.29. The van der Waals surface area contributed by atoms with Crippen molar-refractivity contribution in [3.8, 4) is 11.3 Å². The first kappa shape index (κ1) is 12.1. The van der Waals surface area contributed by atoms with Crippen LogP contribution in [0.3, 0.4) is 0 Å². The second-order valence-electron chi connectivity index (χ2n) is 4.66. The van der Waals surface area contributed by atoms with E-state index in [1.54, 1.807) is 23.7 Å². The summed E-state index contributed by atoms with van der Waals surface area (Å²) < 4.78 is 0. The molecule has 0 aliphatic heterocycles. The summed E-state index contributed by atoms with van der Waals surface area (Å²) in [6.07, 6.45) is 3.55. The molecule has 0 spiro atoms. The van der Waals surface area contributed by atoms with Gasteiger partial charge in [-0.15, -0.1) is 0 Å². The molecule has 0 fully saturated rings. The van der Waals surface area contributed by atoms with Gasteiger partial charge in [0, 0.05) is 34.4 Å². The number of anilines is 2. The van der Waals surface area contributed by atoms with Gasteiger partial charge in [-0.2, -0.15) is 11.3 Å². The minimum absolute atomic E-state index is 0.788. The van der Waals surface area contributed by atoms with E-state index in [1.807, 2.05) is 24.3 Å². The molecule has 2 N–H and O–H groups in total. The summed E-state index contributed by atoms with van der Waals surface area (Å²) >= 11 is 1.69. The molecular formula is C16H12N4S. The van der Waals surface area contributed by atoms with Gasteiger partial charge in [0.2, 0.25) is 0 Å². The van der Waals surface area contributed by atoms with E-state index in [0.29, 0.717) is 0 Å². The second kappa shape index (κ2) is 5.03. The van der Waals surface area contributed by atoms with Gasteiger partial charge in [0.15, 0.2) is 0 Å². The highest BCUT2D eigenvalue weighted by Gasteiger charge is 2.08. The molecule has 0 saturated carbocycles. The third-order valence-corrected chi connectivity index (χ3v) is 3.97. The molecule has 0 saturated heterocycles. The van der Waals surface area contributed by atoms with Crippen molar-refractivity contribution in [2.45, 2.75) is 0 Å². The van der Waals surface area contributed by atoms with Crippen LogP contribution in [0.2, 0.25) is 0 Å². The number of fused-ring (bicyclic) bond motifs is 1. The Morgan fingerprint density at radius 1 is 1.05 bits per heavy atom. The molecule has 21 heavy (non-hydrogen) atoms. The van der Waals surface area contributed by atoms with Crippen LogP contribution in [-0.2, 0) is 0 Å². The molecule has 4 nitrogen and oxygen atoms in total. The van der Waals surface area contributed by atoms with Crippen LogP contribution in [0.5, 0.6) is 0 Å². The van der Waals surface area contributed by atoms with E-state index in [4.69, 9.17) is 0 Å². The number of rotatable bonds is 3. The number of aromatic nitrogens is 3. The Balaban J connectivity index is 1.79. The van der Waals surface area contributed by atoms with Gasteiger partial charge in [-0.05, 0) is 35.7 Å². The van der Waals surface area contributed by atoms with Crippen LogP contribution in [0.15, 0.2) is 59.6 Å². The number of hydrogen-bond donors (Lipinski definition) is 2. The summed E-state index contributed by atoms with van der Waals surface area (Å²) in [7, 11) is 0. The standard InChI is InChI=1S/C16H12N4S/c1-2-6-17-15(3-1)20-16-12-9-14(11-5-8-21-10-11)19-13(12)4-7-18-16/h1-10,19H,(H,17,18,20). The monoisotopic (exact) mass is 292 g/mol. The van der Waals surface area contributed by atoms with Crippen molar-refractivity contribution in [2.24, 2.45) is 0 Å². The topological polar surface area (TPSA) is 53.6 Å². The second-order valence-corrected chi connectivity index (χ2v) is 5.44. The Labute approximate surface area is 125 Å². The molecule has 0 bridgehead atoms. The largest absolute Gasteiger partial charge is 0.354 e. The molecule has 4 rings (SSSR count). The van der Waals surface area contributed by atoms with E-state index in [2.05, 4.69) is 43.2 Å². The summed E-state index contributed by atoms with van der Waals surface area (Å²) in [6, 6.07) is 12.0. The quantitative estimate of drug-likeness (QED) is 0.587. The fourth-order valence-electron chi connectivity index (χ4n) is 2.28. The maximum atomic E-state index is 4.43. The van der Waals surface area contributed by atoms with Crippen LogP contribution < -0.4 is 5.32 Å². The van der Waals surface area contributed by atoms with Gasteiger partial charge in [-0.3, -0.25) is 0 Å². The average Bonchev–Trinajstić information content (AvgIpc) is 3.18. The third kappa shape index (κ3) is 2.28. The highest BCUT2D eigenvalue weighted by atomic mass is 32.1. The number of H-pyrrole nitrogens is 1. The van der Waals surface area contributed by atoms with Crippen LogP contribution in [0.4, 0.5) is 11.6 Å². The van der Waals surface area contributed by atoms with E-state index < -0.39 is 0 Å². The van der Waals surface area contributed by atoms with Gasteiger partial charge < -0.3 is 10.3 Å². The molecule has 0 aliphatic carbocycles. The van der Waals surface area contributed by atoms with E-state index >= 15 is 0 Å². The lowest BCUT2D eigenvalue weighted by molar-refractivity contribution is 1.27. The van der Waals surface area contributed by atoms with Crippen molar-refractivity contribution < 1.29 is 0 Å². The Bertz CT molecular complexity index is 866. The zero-order valence-electron chi connectivity index (χ0n) is 11.1. The number of aromatic amines is 1. The molecule has 4 aromatic heterocycles. The molecule has 5 heteroatoms. The molecule has 4 heterocycles. The zero-order chi connectivity index (χ0) is 14.1. The first-order valence-corrected chi connectivity index (χ1v) is 7.53. The highest BCUT2D eigenvalue weighted by molar-refractivity contribution is 7.08. The predicted molar refractivity (Wildman–Crippen MR) is 86.9 cm³/mol. The van der Waals surface area contributed by atoms with Gasteiger partial charge in [0.1, 0.15) is 11.6 Å². The SMILES string of the molecule is c1ccc(Nc2nccc3[nH]c(-c4ccsc4)cc23)nc1. The van der Waals surface area contributed by atoms with Gasteiger partial charge >= 0.3 is 0 Å². The summed E-state index contributed by atoms with van der Waals surface area (Å²) in [4.78, 5) is 12.1. The minimum Gasteiger partial charge on any atom is -0.354 e. The number of nitrogens with zero attached hydrogens (tertiary/aromatic N) is 2. The smallest absolute Gasteiger partial charge is 0.140 e. The number of pyridine rings is 2. The maximum absolute atomic E-state index is 4.43. The molecular weight excluding hydrogens is 280 g/mol. The van der Waals surface area contributed by atoms with Crippen LogP contribution in [-0.4, -0.2) is 15.0 Å². The lowest BCUT2D eigenvalue weighted by Gasteiger charge is -2.04. The summed E-state index contributed by atoms with van der Waals surface area (Å²) in [5.74, 6) is 1.60. The summed E-state index contributed by atoms with van der Waals surface area (Å²) in [5, 5.41) is 8.53. The maximum Gasteiger partial charge on any atom is 0.140 e. The number of nitrogens with one attached hydrogen (secondary N) is 2. The summed E-state index contributed by atoms with van der Waals surface area (Å²) in [5.41, 5.74) is 3.35. The minimum atomic E-state index is 0.788. The average molecular weight is 292 g/mol. The van der Waals surface area contributed by atoms with Crippen molar-refractivity contribution in [3.63, 3.8) is 0 Å². The zero-order valence-corrected chi connectivity index (χ0v) is 11.9. The molecule has 102 valence electrons. The predicted octanol–water partition coefficient (Wildman–Crippen LogP) is 4.43. The van der Waals surface area contributed by atoms with E-state index in [0.717, 1.165) is 28.2 Å². The van der Waals surface area contributed by atoms with Crippen LogP contribution in [0.25, 0.3) is 22.2 Å². The highest BCUT2D eigenvalue weighted by Crippen LogP contribution is 2.29. The van der Waals surface area contributed by atoms with Crippen LogP contribution in [0.1, 0.15) is 0 Å². The normalized spacial score (nSPS) is 10.9. The first-order valence-electron chi connectivity index (χ1n) is 6.58. The van der Waals surface area contributed by atoms with Crippen LogP contribution in [0, 0.1) is 0 Å². The fraction of sp³-hybridized carbons (Fsp3) is 0. The van der Waals surface area contributed by atoms with E-state index in [1.165, 1.54) is 5.56 Å².